The van der Waals surface area contributed by atoms with Gasteiger partial charge in [0.2, 0.25) is 9.84 Å². The van der Waals surface area contributed by atoms with E-state index in [2.05, 4.69) is 4.98 Å². The SMILES string of the molecule is CCOC(=O)c1[nH]c(C(=O)O)c(S(=O)(=O)c2ccccc2)c1C. The van der Waals surface area contributed by atoms with E-state index >= 15 is 0 Å². The van der Waals surface area contributed by atoms with Crippen molar-refractivity contribution in [1.29, 1.82) is 0 Å². The number of aromatic amines is 1. The van der Waals surface area contributed by atoms with E-state index in [1.807, 2.05) is 0 Å². The number of H-pyrrole nitrogens is 1. The quantitative estimate of drug-likeness (QED) is 0.807. The third-order valence-corrected chi connectivity index (χ3v) is 5.15. The van der Waals surface area contributed by atoms with Gasteiger partial charge in [0, 0.05) is 5.56 Å². The largest absolute Gasteiger partial charge is 0.477 e. The highest BCUT2D eigenvalue weighted by atomic mass is 32.2. The molecule has 0 atom stereocenters. The van der Waals surface area contributed by atoms with Gasteiger partial charge in [0.25, 0.3) is 0 Å². The van der Waals surface area contributed by atoms with Crippen molar-refractivity contribution in [1.82, 2.24) is 4.98 Å². The molecule has 0 radical (unpaired) electrons. The number of nitrogens with one attached hydrogen (secondary N) is 1. The van der Waals surface area contributed by atoms with Gasteiger partial charge in [0.15, 0.2) is 0 Å². The summed E-state index contributed by atoms with van der Waals surface area (Å²) in [7, 11) is -4.09. The first-order chi connectivity index (χ1) is 10.8. The second-order valence-corrected chi connectivity index (χ2v) is 6.56. The van der Waals surface area contributed by atoms with Crippen molar-refractivity contribution < 1.29 is 27.9 Å². The number of rotatable bonds is 5. The number of hydrogen-bond acceptors (Lipinski definition) is 5. The standard InChI is InChI=1S/C15H15NO6S/c1-3-22-15(19)11-9(2)13(12(16-11)14(17)18)23(20,21)10-7-5-4-6-8-10/h4-8,16H,3H2,1-2H3,(H,17,18). The van der Waals surface area contributed by atoms with Crippen LogP contribution in [0.4, 0.5) is 0 Å². The van der Waals surface area contributed by atoms with Crippen LogP contribution >= 0.6 is 0 Å². The summed E-state index contributed by atoms with van der Waals surface area (Å²) < 4.78 is 30.3. The molecule has 0 aliphatic rings. The molecule has 0 aliphatic heterocycles. The van der Waals surface area contributed by atoms with Crippen LogP contribution in [0.3, 0.4) is 0 Å². The van der Waals surface area contributed by atoms with Crippen LogP contribution in [0.2, 0.25) is 0 Å². The fourth-order valence-electron chi connectivity index (χ4n) is 2.19. The fourth-order valence-corrected chi connectivity index (χ4v) is 3.85. The van der Waals surface area contributed by atoms with E-state index in [1.165, 1.54) is 31.2 Å². The molecular formula is C15H15NO6S. The zero-order valence-electron chi connectivity index (χ0n) is 12.5. The first-order valence-corrected chi connectivity index (χ1v) is 8.22. The molecule has 2 aromatic rings. The van der Waals surface area contributed by atoms with Crippen LogP contribution in [0.1, 0.15) is 33.5 Å². The smallest absolute Gasteiger partial charge is 0.355 e. The molecule has 7 nitrogen and oxygen atoms in total. The van der Waals surface area contributed by atoms with E-state index in [9.17, 15) is 23.1 Å². The van der Waals surface area contributed by atoms with Gasteiger partial charge < -0.3 is 14.8 Å². The molecule has 0 fully saturated rings. The minimum absolute atomic E-state index is 0.0182. The summed E-state index contributed by atoms with van der Waals surface area (Å²) in [6.45, 7) is 3.04. The van der Waals surface area contributed by atoms with Gasteiger partial charge in [-0.1, -0.05) is 18.2 Å². The first kappa shape index (κ1) is 16.8. The fraction of sp³-hybridized carbons (Fsp3) is 0.200. The Hall–Kier alpha value is -2.61. The minimum Gasteiger partial charge on any atom is -0.477 e. The molecule has 23 heavy (non-hydrogen) atoms. The summed E-state index contributed by atoms with van der Waals surface area (Å²) in [5, 5.41) is 9.28. The van der Waals surface area contributed by atoms with Gasteiger partial charge in [-0.05, 0) is 26.0 Å². The molecule has 0 saturated carbocycles. The first-order valence-electron chi connectivity index (χ1n) is 6.73. The number of benzene rings is 1. The number of sulfone groups is 1. The molecule has 0 saturated heterocycles. The highest BCUT2D eigenvalue weighted by Gasteiger charge is 2.32. The molecule has 0 bridgehead atoms. The lowest BCUT2D eigenvalue weighted by atomic mass is 10.2. The van der Waals surface area contributed by atoms with Crippen molar-refractivity contribution in [3.8, 4) is 0 Å². The number of carbonyl (C=O) groups excluding carboxylic acids is 1. The van der Waals surface area contributed by atoms with Gasteiger partial charge in [-0.2, -0.15) is 0 Å². The van der Waals surface area contributed by atoms with E-state index < -0.39 is 32.4 Å². The monoisotopic (exact) mass is 337 g/mol. The number of carboxylic acid groups (broad SMARTS) is 1. The summed E-state index contributed by atoms with van der Waals surface area (Å²) in [6.07, 6.45) is 0. The van der Waals surface area contributed by atoms with E-state index in [1.54, 1.807) is 13.0 Å². The molecule has 1 heterocycles. The molecule has 122 valence electrons. The van der Waals surface area contributed by atoms with E-state index in [-0.39, 0.29) is 22.8 Å². The zero-order valence-corrected chi connectivity index (χ0v) is 13.3. The van der Waals surface area contributed by atoms with Crippen molar-refractivity contribution in [2.45, 2.75) is 23.6 Å². The Bertz CT molecular complexity index is 852. The highest BCUT2D eigenvalue weighted by Crippen LogP contribution is 2.29. The summed E-state index contributed by atoms with van der Waals surface area (Å²) in [5.74, 6) is -2.28. The topological polar surface area (TPSA) is 114 Å². The van der Waals surface area contributed by atoms with Crippen LogP contribution in [0.25, 0.3) is 0 Å². The van der Waals surface area contributed by atoms with E-state index in [0.717, 1.165) is 0 Å². The number of carbonyl (C=O) groups is 2. The van der Waals surface area contributed by atoms with Crippen molar-refractivity contribution >= 4 is 21.8 Å². The molecular weight excluding hydrogens is 322 g/mol. The second-order valence-electron chi connectivity index (χ2n) is 4.67. The van der Waals surface area contributed by atoms with Gasteiger partial charge in [0.05, 0.1) is 11.5 Å². The van der Waals surface area contributed by atoms with Gasteiger partial charge >= 0.3 is 11.9 Å². The van der Waals surface area contributed by atoms with Crippen LogP contribution in [0.15, 0.2) is 40.1 Å². The van der Waals surface area contributed by atoms with Crippen LogP contribution in [-0.2, 0) is 14.6 Å². The summed E-state index contributed by atoms with van der Waals surface area (Å²) in [4.78, 5) is 25.1. The van der Waals surface area contributed by atoms with Crippen LogP contribution in [0.5, 0.6) is 0 Å². The zero-order chi connectivity index (χ0) is 17.2. The second kappa shape index (κ2) is 6.25. The molecule has 2 rings (SSSR count). The predicted molar refractivity (Wildman–Crippen MR) is 80.3 cm³/mol. The maximum atomic E-state index is 12.7. The van der Waals surface area contributed by atoms with Crippen LogP contribution in [0, 0.1) is 6.92 Å². The Morgan fingerprint density at radius 3 is 2.30 bits per heavy atom. The lowest BCUT2D eigenvalue weighted by molar-refractivity contribution is 0.0519. The van der Waals surface area contributed by atoms with Crippen molar-refractivity contribution in [3.05, 3.63) is 47.3 Å². The van der Waals surface area contributed by atoms with Crippen LogP contribution in [-0.4, -0.2) is 37.1 Å². The number of ether oxygens (including phenoxy) is 1. The molecule has 0 spiro atoms. The molecule has 0 amide bonds. The number of aromatic nitrogens is 1. The predicted octanol–water partition coefficient (Wildman–Crippen LogP) is 2.03. The third kappa shape index (κ3) is 2.98. The van der Waals surface area contributed by atoms with Crippen molar-refractivity contribution in [3.63, 3.8) is 0 Å². The van der Waals surface area contributed by atoms with Gasteiger partial charge in [0.1, 0.15) is 16.3 Å². The maximum absolute atomic E-state index is 12.7. The number of aromatic carboxylic acids is 1. The number of carboxylic acids is 1. The molecule has 1 aromatic heterocycles. The van der Waals surface area contributed by atoms with Crippen LogP contribution < -0.4 is 0 Å². The summed E-state index contributed by atoms with van der Waals surface area (Å²) in [6, 6.07) is 7.42. The Morgan fingerprint density at radius 2 is 1.78 bits per heavy atom. The van der Waals surface area contributed by atoms with Crippen molar-refractivity contribution in [2.75, 3.05) is 6.61 Å². The Labute approximate surface area is 132 Å². The molecule has 0 aliphatic carbocycles. The van der Waals surface area contributed by atoms with Crippen molar-refractivity contribution in [2.24, 2.45) is 0 Å². The summed E-state index contributed by atoms with van der Waals surface area (Å²) in [5.41, 5.74) is -0.724. The lowest BCUT2D eigenvalue weighted by Crippen LogP contribution is -2.09. The number of hydrogen-bond donors (Lipinski definition) is 2. The van der Waals surface area contributed by atoms with E-state index in [0.29, 0.717) is 0 Å². The molecule has 1 aromatic carbocycles. The lowest BCUT2D eigenvalue weighted by Gasteiger charge is -2.05. The van der Waals surface area contributed by atoms with E-state index in [4.69, 9.17) is 4.74 Å². The Balaban J connectivity index is 2.71. The van der Waals surface area contributed by atoms with Gasteiger partial charge in [-0.25, -0.2) is 18.0 Å². The van der Waals surface area contributed by atoms with Gasteiger partial charge in [-0.15, -0.1) is 0 Å². The average Bonchev–Trinajstić information content (AvgIpc) is 2.87. The molecule has 8 heteroatoms. The van der Waals surface area contributed by atoms with Gasteiger partial charge in [-0.3, -0.25) is 0 Å². The maximum Gasteiger partial charge on any atom is 0.355 e. The summed E-state index contributed by atoms with van der Waals surface area (Å²) >= 11 is 0. The normalized spacial score (nSPS) is 11.2. The Kier molecular flexibility index (Phi) is 4.55. The Morgan fingerprint density at radius 1 is 1.17 bits per heavy atom. The average molecular weight is 337 g/mol. The molecule has 0 unspecified atom stereocenters. The minimum atomic E-state index is -4.09. The molecule has 2 N–H and O–H groups in total. The number of esters is 1. The highest BCUT2D eigenvalue weighted by molar-refractivity contribution is 7.91. The third-order valence-electron chi connectivity index (χ3n) is 3.21.